The quantitative estimate of drug-likeness (QED) is 0.921. The zero-order valence-electron chi connectivity index (χ0n) is 12.9. The molecule has 3 nitrogen and oxygen atoms in total. The van der Waals surface area contributed by atoms with Crippen molar-refractivity contribution in [3.63, 3.8) is 0 Å². The normalized spacial score (nSPS) is 21.4. The summed E-state index contributed by atoms with van der Waals surface area (Å²) in [5.74, 6) is 0.538. The first-order valence-corrected chi connectivity index (χ1v) is 7.30. The molecule has 0 bridgehead atoms. The molecule has 0 aromatic heterocycles. The number of aliphatic hydroxyl groups excluding tert-OH is 1. The fourth-order valence-electron chi connectivity index (χ4n) is 2.63. The summed E-state index contributed by atoms with van der Waals surface area (Å²) >= 11 is 0. The van der Waals surface area contributed by atoms with Gasteiger partial charge in [-0.3, -0.25) is 4.79 Å². The molecule has 0 spiro atoms. The van der Waals surface area contributed by atoms with Crippen LogP contribution in [0.3, 0.4) is 0 Å². The van der Waals surface area contributed by atoms with E-state index in [4.69, 9.17) is 0 Å². The van der Waals surface area contributed by atoms with E-state index >= 15 is 0 Å². The number of hydrogen-bond acceptors (Lipinski definition) is 2. The molecule has 20 heavy (non-hydrogen) atoms. The molecular weight excluding hydrogens is 250 g/mol. The molecule has 1 aromatic carbocycles. The van der Waals surface area contributed by atoms with Crippen molar-refractivity contribution in [3.8, 4) is 0 Å². The molecule has 1 N–H and O–H groups in total. The molecule has 0 saturated carbocycles. The van der Waals surface area contributed by atoms with Crippen molar-refractivity contribution in [2.75, 3.05) is 13.1 Å². The molecule has 1 fully saturated rings. The van der Waals surface area contributed by atoms with Crippen LogP contribution in [0.25, 0.3) is 0 Å². The number of carbonyl (C=O) groups excluding carboxylic acids is 1. The van der Waals surface area contributed by atoms with E-state index in [1.165, 1.54) is 5.56 Å². The molecule has 0 radical (unpaired) electrons. The number of β-amino-alcohol motifs (C(OH)–C–C–N with tert-alkyl or cyclic N) is 1. The van der Waals surface area contributed by atoms with E-state index in [0.717, 1.165) is 12.1 Å². The lowest BCUT2D eigenvalue weighted by Gasteiger charge is -2.27. The minimum absolute atomic E-state index is 0.138. The van der Waals surface area contributed by atoms with Crippen LogP contribution in [-0.2, 0) is 4.79 Å². The molecule has 1 amide bonds. The predicted molar refractivity (Wildman–Crippen MR) is 80.3 cm³/mol. The number of aliphatic hydroxyl groups is 1. The van der Waals surface area contributed by atoms with Crippen LogP contribution < -0.4 is 0 Å². The molecule has 3 heteroatoms. The van der Waals surface area contributed by atoms with Gasteiger partial charge in [-0.05, 0) is 23.8 Å². The van der Waals surface area contributed by atoms with Gasteiger partial charge in [0.1, 0.15) is 0 Å². The number of hydrogen-bond donors (Lipinski definition) is 1. The molecule has 0 aliphatic carbocycles. The number of benzene rings is 1. The number of nitrogens with zero attached hydrogens (tertiary/aromatic N) is 1. The van der Waals surface area contributed by atoms with Gasteiger partial charge in [0, 0.05) is 13.0 Å². The summed E-state index contributed by atoms with van der Waals surface area (Å²) in [7, 11) is 0. The predicted octanol–water partition coefficient (Wildman–Crippen LogP) is 2.92. The second-order valence-corrected chi connectivity index (χ2v) is 6.99. The number of amides is 1. The van der Waals surface area contributed by atoms with Gasteiger partial charge in [0.25, 0.3) is 0 Å². The molecule has 2 unspecified atom stereocenters. The Morgan fingerprint density at radius 2 is 1.90 bits per heavy atom. The summed E-state index contributed by atoms with van der Waals surface area (Å²) in [6, 6.07) is 7.84. The van der Waals surface area contributed by atoms with Gasteiger partial charge < -0.3 is 10.0 Å². The topological polar surface area (TPSA) is 40.5 Å². The summed E-state index contributed by atoms with van der Waals surface area (Å²) in [6.45, 7) is 9.69. The number of aryl methyl sites for hydroxylation is 1. The first-order valence-electron chi connectivity index (χ1n) is 7.30. The number of carbonyl (C=O) groups is 1. The molecule has 1 saturated heterocycles. The second-order valence-electron chi connectivity index (χ2n) is 6.99. The first-order chi connectivity index (χ1) is 9.27. The Balaban J connectivity index is 2.00. The molecule has 1 aliphatic rings. The fourth-order valence-corrected chi connectivity index (χ4v) is 2.63. The number of rotatable bonds is 3. The lowest BCUT2D eigenvalue weighted by molar-refractivity contribution is -0.129. The van der Waals surface area contributed by atoms with Crippen LogP contribution in [0.15, 0.2) is 24.3 Å². The van der Waals surface area contributed by atoms with Crippen LogP contribution in [0.5, 0.6) is 0 Å². The fraction of sp³-hybridized carbons (Fsp3) is 0.588. The smallest absolute Gasteiger partial charge is 0.223 e. The first kappa shape index (κ1) is 15.0. The SMILES string of the molecule is Cc1ccc(C(O)CN2CC(C(C)(C)C)CC2=O)cc1. The maximum Gasteiger partial charge on any atom is 0.223 e. The van der Waals surface area contributed by atoms with Crippen molar-refractivity contribution in [1.29, 1.82) is 0 Å². The van der Waals surface area contributed by atoms with Crippen LogP contribution in [0.1, 0.15) is 44.4 Å². The van der Waals surface area contributed by atoms with Gasteiger partial charge in [0.2, 0.25) is 5.91 Å². The van der Waals surface area contributed by atoms with Crippen LogP contribution in [0.2, 0.25) is 0 Å². The Labute approximate surface area is 121 Å². The van der Waals surface area contributed by atoms with Crippen LogP contribution in [-0.4, -0.2) is 29.0 Å². The summed E-state index contributed by atoms with van der Waals surface area (Å²) in [4.78, 5) is 13.9. The Morgan fingerprint density at radius 3 is 2.40 bits per heavy atom. The van der Waals surface area contributed by atoms with E-state index in [2.05, 4.69) is 20.8 Å². The van der Waals surface area contributed by atoms with Crippen LogP contribution in [0, 0.1) is 18.3 Å². The molecule has 1 heterocycles. The summed E-state index contributed by atoms with van der Waals surface area (Å²) in [5, 5.41) is 10.3. The van der Waals surface area contributed by atoms with Gasteiger partial charge in [0.05, 0.1) is 12.6 Å². The van der Waals surface area contributed by atoms with Crippen molar-refractivity contribution in [3.05, 3.63) is 35.4 Å². The molecule has 2 atom stereocenters. The maximum absolute atomic E-state index is 12.1. The minimum atomic E-state index is -0.599. The van der Waals surface area contributed by atoms with Crippen molar-refractivity contribution in [2.45, 2.75) is 40.2 Å². The highest BCUT2D eigenvalue weighted by Crippen LogP contribution is 2.34. The average molecular weight is 275 g/mol. The lowest BCUT2D eigenvalue weighted by atomic mass is 9.80. The Bertz CT molecular complexity index is 473. The third-order valence-electron chi connectivity index (χ3n) is 4.29. The van der Waals surface area contributed by atoms with E-state index in [9.17, 15) is 9.90 Å². The van der Waals surface area contributed by atoms with E-state index in [0.29, 0.717) is 18.9 Å². The molecular formula is C17H25NO2. The summed E-state index contributed by atoms with van der Waals surface area (Å²) < 4.78 is 0. The number of likely N-dealkylation sites (tertiary alicyclic amines) is 1. The molecule has 110 valence electrons. The molecule has 1 aliphatic heterocycles. The zero-order valence-corrected chi connectivity index (χ0v) is 12.9. The Morgan fingerprint density at radius 1 is 1.30 bits per heavy atom. The lowest BCUT2D eigenvalue weighted by Crippen LogP contribution is -2.31. The highest BCUT2D eigenvalue weighted by molar-refractivity contribution is 5.78. The maximum atomic E-state index is 12.1. The molecule has 1 aromatic rings. The zero-order chi connectivity index (χ0) is 14.9. The van der Waals surface area contributed by atoms with Gasteiger partial charge in [-0.2, -0.15) is 0 Å². The Kier molecular flexibility index (Phi) is 4.19. The van der Waals surface area contributed by atoms with E-state index in [1.54, 1.807) is 4.90 Å². The van der Waals surface area contributed by atoms with Gasteiger partial charge in [-0.1, -0.05) is 50.6 Å². The van der Waals surface area contributed by atoms with Crippen molar-refractivity contribution in [1.82, 2.24) is 4.90 Å². The van der Waals surface area contributed by atoms with Gasteiger partial charge in [-0.25, -0.2) is 0 Å². The minimum Gasteiger partial charge on any atom is -0.387 e. The van der Waals surface area contributed by atoms with Crippen LogP contribution >= 0.6 is 0 Å². The highest BCUT2D eigenvalue weighted by atomic mass is 16.3. The van der Waals surface area contributed by atoms with Gasteiger partial charge in [0.15, 0.2) is 0 Å². The highest BCUT2D eigenvalue weighted by Gasteiger charge is 2.37. The standard InChI is InChI=1S/C17H25NO2/c1-12-5-7-13(8-6-12)15(19)11-18-10-14(9-16(18)20)17(2,3)4/h5-8,14-15,19H,9-11H2,1-4H3. The van der Waals surface area contributed by atoms with Gasteiger partial charge in [-0.15, -0.1) is 0 Å². The third-order valence-corrected chi connectivity index (χ3v) is 4.29. The van der Waals surface area contributed by atoms with Gasteiger partial charge >= 0.3 is 0 Å². The summed E-state index contributed by atoms with van der Waals surface area (Å²) in [5.41, 5.74) is 2.19. The third kappa shape index (κ3) is 3.40. The van der Waals surface area contributed by atoms with E-state index in [1.807, 2.05) is 31.2 Å². The Hall–Kier alpha value is -1.35. The van der Waals surface area contributed by atoms with E-state index < -0.39 is 6.10 Å². The molecule has 2 rings (SSSR count). The average Bonchev–Trinajstić information content (AvgIpc) is 2.71. The second kappa shape index (κ2) is 5.57. The summed E-state index contributed by atoms with van der Waals surface area (Å²) in [6.07, 6.45) is 0.00248. The van der Waals surface area contributed by atoms with Crippen molar-refractivity contribution < 1.29 is 9.90 Å². The van der Waals surface area contributed by atoms with E-state index in [-0.39, 0.29) is 11.3 Å². The van der Waals surface area contributed by atoms with Crippen molar-refractivity contribution in [2.24, 2.45) is 11.3 Å². The largest absolute Gasteiger partial charge is 0.387 e. The monoisotopic (exact) mass is 275 g/mol. The van der Waals surface area contributed by atoms with Crippen LogP contribution in [0.4, 0.5) is 0 Å². The van der Waals surface area contributed by atoms with Crippen molar-refractivity contribution >= 4 is 5.91 Å².